The highest BCUT2D eigenvalue weighted by Gasteiger charge is 2.35. The van der Waals surface area contributed by atoms with Gasteiger partial charge >= 0.3 is 0 Å². The van der Waals surface area contributed by atoms with Crippen molar-refractivity contribution in [3.63, 3.8) is 0 Å². The molecule has 10 heavy (non-hydrogen) atoms. The zero-order chi connectivity index (χ0) is 7.78. The summed E-state index contributed by atoms with van der Waals surface area (Å²) in [5.41, 5.74) is 2.63. The highest BCUT2D eigenvalue weighted by Crippen LogP contribution is 2.16. The second kappa shape index (κ2) is 2.36. The number of hydroxylamine groups is 1. The summed E-state index contributed by atoms with van der Waals surface area (Å²) in [6.45, 7) is 6.20. The van der Waals surface area contributed by atoms with Crippen molar-refractivity contribution in [1.29, 1.82) is 0 Å². The molecule has 0 radical (unpaired) electrons. The molecule has 0 bridgehead atoms. The Balaban J connectivity index is 2.63. The third-order valence-electron chi connectivity index (χ3n) is 1.87. The Morgan fingerprint density at radius 2 is 2.20 bits per heavy atom. The number of rotatable bonds is 1. The van der Waals surface area contributed by atoms with Crippen LogP contribution in [0.15, 0.2) is 0 Å². The van der Waals surface area contributed by atoms with Crippen molar-refractivity contribution in [3.05, 3.63) is 0 Å². The fraction of sp³-hybridized carbons (Fsp3) is 0.833. The standard InChI is InChI=1S/C6H12N2OS/c1-4(2)6(3)7-5(10)9-8-6/h4,8H,1-3H3,(H,7,10). The fourth-order valence-electron chi connectivity index (χ4n) is 0.678. The molecule has 3 nitrogen and oxygen atoms in total. The van der Waals surface area contributed by atoms with E-state index in [4.69, 9.17) is 17.1 Å². The molecule has 1 saturated heterocycles. The van der Waals surface area contributed by atoms with Gasteiger partial charge in [-0.05, 0) is 25.1 Å². The highest BCUT2D eigenvalue weighted by atomic mass is 32.1. The lowest BCUT2D eigenvalue weighted by Crippen LogP contribution is -2.50. The molecule has 0 spiro atoms. The van der Waals surface area contributed by atoms with Crippen molar-refractivity contribution < 1.29 is 4.84 Å². The lowest BCUT2D eigenvalue weighted by molar-refractivity contribution is 0.106. The Morgan fingerprint density at radius 3 is 2.40 bits per heavy atom. The molecule has 1 heterocycles. The van der Waals surface area contributed by atoms with Gasteiger partial charge in [-0.25, -0.2) is 0 Å². The largest absolute Gasteiger partial charge is 0.376 e. The van der Waals surface area contributed by atoms with Crippen LogP contribution in [0.2, 0.25) is 0 Å². The Labute approximate surface area is 66.1 Å². The Kier molecular flexibility index (Phi) is 1.83. The monoisotopic (exact) mass is 160 g/mol. The van der Waals surface area contributed by atoms with Crippen molar-refractivity contribution >= 4 is 17.4 Å². The Hall–Kier alpha value is -0.350. The van der Waals surface area contributed by atoms with Crippen molar-refractivity contribution in [1.82, 2.24) is 10.8 Å². The van der Waals surface area contributed by atoms with Crippen LogP contribution in [-0.4, -0.2) is 10.8 Å². The molecule has 58 valence electrons. The van der Waals surface area contributed by atoms with Gasteiger partial charge in [-0.2, -0.15) is 0 Å². The first-order chi connectivity index (χ1) is 4.54. The lowest BCUT2D eigenvalue weighted by Gasteiger charge is -2.25. The number of hydrogen-bond acceptors (Lipinski definition) is 3. The third kappa shape index (κ3) is 1.22. The van der Waals surface area contributed by atoms with Crippen LogP contribution in [0.1, 0.15) is 20.8 Å². The van der Waals surface area contributed by atoms with Gasteiger partial charge in [0, 0.05) is 0 Å². The van der Waals surface area contributed by atoms with Crippen molar-refractivity contribution in [2.45, 2.75) is 26.4 Å². The van der Waals surface area contributed by atoms with Gasteiger partial charge in [-0.15, -0.1) is 5.48 Å². The first kappa shape index (κ1) is 7.75. The van der Waals surface area contributed by atoms with E-state index in [1.807, 2.05) is 6.92 Å². The summed E-state index contributed by atoms with van der Waals surface area (Å²) in [7, 11) is 0. The fourth-order valence-corrected chi connectivity index (χ4v) is 0.931. The van der Waals surface area contributed by atoms with Gasteiger partial charge in [0.1, 0.15) is 5.66 Å². The molecule has 1 aliphatic rings. The zero-order valence-electron chi connectivity index (χ0n) is 6.39. The summed E-state index contributed by atoms with van der Waals surface area (Å²) in [6.07, 6.45) is 0. The van der Waals surface area contributed by atoms with Crippen LogP contribution in [-0.2, 0) is 4.84 Å². The van der Waals surface area contributed by atoms with Gasteiger partial charge in [0.25, 0.3) is 5.17 Å². The molecule has 4 heteroatoms. The smallest absolute Gasteiger partial charge is 0.279 e. The van der Waals surface area contributed by atoms with E-state index in [2.05, 4.69) is 24.6 Å². The molecule has 1 fully saturated rings. The van der Waals surface area contributed by atoms with Crippen LogP contribution in [0.3, 0.4) is 0 Å². The number of thiocarbonyl (C=S) groups is 1. The number of hydrogen-bond donors (Lipinski definition) is 2. The normalized spacial score (nSPS) is 32.2. The van der Waals surface area contributed by atoms with Gasteiger partial charge in [0.05, 0.1) is 0 Å². The second-order valence-electron chi connectivity index (χ2n) is 2.97. The lowest BCUT2D eigenvalue weighted by atomic mass is 10.00. The van der Waals surface area contributed by atoms with Crippen LogP contribution in [0.25, 0.3) is 0 Å². The van der Waals surface area contributed by atoms with E-state index in [-0.39, 0.29) is 5.66 Å². The van der Waals surface area contributed by atoms with Gasteiger partial charge in [0.2, 0.25) is 0 Å². The molecular formula is C6H12N2OS. The first-order valence-electron chi connectivity index (χ1n) is 3.31. The minimum atomic E-state index is -0.197. The predicted molar refractivity (Wildman–Crippen MR) is 43.2 cm³/mol. The maximum Gasteiger partial charge on any atom is 0.279 e. The summed E-state index contributed by atoms with van der Waals surface area (Å²) in [6, 6.07) is 0. The highest BCUT2D eigenvalue weighted by molar-refractivity contribution is 7.80. The van der Waals surface area contributed by atoms with E-state index in [0.29, 0.717) is 11.1 Å². The summed E-state index contributed by atoms with van der Waals surface area (Å²) < 4.78 is 0. The molecule has 0 amide bonds. The zero-order valence-corrected chi connectivity index (χ0v) is 7.21. The summed E-state index contributed by atoms with van der Waals surface area (Å²) >= 11 is 4.79. The van der Waals surface area contributed by atoms with Crippen LogP contribution in [0, 0.1) is 5.92 Å². The van der Waals surface area contributed by atoms with Crippen molar-refractivity contribution in [2.75, 3.05) is 0 Å². The van der Waals surface area contributed by atoms with E-state index in [9.17, 15) is 0 Å². The van der Waals surface area contributed by atoms with Gasteiger partial charge < -0.3 is 10.2 Å². The summed E-state index contributed by atoms with van der Waals surface area (Å²) in [4.78, 5) is 4.90. The molecule has 0 saturated carbocycles. The minimum absolute atomic E-state index is 0.197. The van der Waals surface area contributed by atoms with Gasteiger partial charge in [-0.1, -0.05) is 13.8 Å². The molecule has 0 aliphatic carbocycles. The predicted octanol–water partition coefficient (Wildman–Crippen LogP) is 0.768. The Morgan fingerprint density at radius 1 is 1.60 bits per heavy atom. The van der Waals surface area contributed by atoms with Crippen molar-refractivity contribution in [3.8, 4) is 0 Å². The first-order valence-corrected chi connectivity index (χ1v) is 3.71. The van der Waals surface area contributed by atoms with E-state index in [1.54, 1.807) is 0 Å². The van der Waals surface area contributed by atoms with E-state index >= 15 is 0 Å². The quantitative estimate of drug-likeness (QED) is 0.555. The molecule has 0 aromatic carbocycles. The topological polar surface area (TPSA) is 33.3 Å². The molecule has 2 N–H and O–H groups in total. The molecule has 1 unspecified atom stereocenters. The average Bonchev–Trinajstić information content (AvgIpc) is 2.13. The molecule has 0 aromatic heterocycles. The van der Waals surface area contributed by atoms with E-state index in [1.165, 1.54) is 0 Å². The maximum atomic E-state index is 4.90. The van der Waals surface area contributed by atoms with E-state index < -0.39 is 0 Å². The minimum Gasteiger partial charge on any atom is -0.376 e. The molecule has 1 atom stereocenters. The maximum absolute atomic E-state index is 4.90. The molecule has 1 rings (SSSR count). The number of nitrogens with one attached hydrogen (secondary N) is 2. The SMILES string of the molecule is CC(C)C1(C)NOC(=S)N1. The summed E-state index contributed by atoms with van der Waals surface area (Å²) in [5, 5.41) is 3.45. The molecular weight excluding hydrogens is 148 g/mol. The van der Waals surface area contributed by atoms with Crippen molar-refractivity contribution in [2.24, 2.45) is 5.92 Å². The second-order valence-corrected chi connectivity index (χ2v) is 3.34. The Bertz CT molecular complexity index is 160. The molecule has 0 aromatic rings. The summed E-state index contributed by atoms with van der Waals surface area (Å²) in [5.74, 6) is 0.438. The van der Waals surface area contributed by atoms with Crippen LogP contribution in [0.4, 0.5) is 0 Å². The third-order valence-corrected chi connectivity index (χ3v) is 2.06. The van der Waals surface area contributed by atoms with Crippen LogP contribution in [0.5, 0.6) is 0 Å². The van der Waals surface area contributed by atoms with Gasteiger partial charge in [-0.3, -0.25) is 0 Å². The van der Waals surface area contributed by atoms with E-state index in [0.717, 1.165) is 0 Å². The van der Waals surface area contributed by atoms with Gasteiger partial charge in [0.15, 0.2) is 0 Å². The average molecular weight is 160 g/mol. The van der Waals surface area contributed by atoms with Crippen LogP contribution < -0.4 is 10.8 Å². The molecule has 1 aliphatic heterocycles. The van der Waals surface area contributed by atoms with Crippen LogP contribution >= 0.6 is 12.2 Å².